The summed E-state index contributed by atoms with van der Waals surface area (Å²) in [6, 6.07) is 11.7. The molecule has 2 aromatic carbocycles. The fourth-order valence-electron chi connectivity index (χ4n) is 1.98. The van der Waals surface area contributed by atoms with E-state index in [2.05, 4.69) is 4.98 Å². The number of ether oxygens (including phenoxy) is 1. The molecule has 21 heavy (non-hydrogen) atoms. The average molecular weight is 304 g/mol. The van der Waals surface area contributed by atoms with Crippen LogP contribution in [0, 0.1) is 10.1 Å². The molecule has 0 saturated heterocycles. The molecule has 0 aliphatic carbocycles. The monoisotopic (exact) mass is 303 g/mol. The van der Waals surface area contributed by atoms with Crippen LogP contribution in [-0.2, 0) is 7.05 Å². The molecule has 0 amide bonds. The van der Waals surface area contributed by atoms with E-state index >= 15 is 0 Å². The molecular weight excluding hydrogens is 294 g/mol. The molecule has 1 aromatic heterocycles. The van der Waals surface area contributed by atoms with Crippen molar-refractivity contribution in [1.82, 2.24) is 9.55 Å². The average Bonchev–Trinajstić information content (AvgIpc) is 2.77. The van der Waals surface area contributed by atoms with Crippen molar-refractivity contribution in [2.45, 2.75) is 0 Å². The Morgan fingerprint density at radius 3 is 2.62 bits per heavy atom. The Hall–Kier alpha value is -2.60. The summed E-state index contributed by atoms with van der Waals surface area (Å²) in [6.07, 6.45) is 0. The van der Waals surface area contributed by atoms with Crippen LogP contribution in [0.3, 0.4) is 0 Å². The van der Waals surface area contributed by atoms with Crippen molar-refractivity contribution < 1.29 is 9.66 Å². The zero-order chi connectivity index (χ0) is 15.0. The van der Waals surface area contributed by atoms with Crippen molar-refractivity contribution in [2.24, 2.45) is 7.05 Å². The first-order valence-electron chi connectivity index (χ1n) is 6.09. The molecule has 0 spiro atoms. The van der Waals surface area contributed by atoms with Crippen LogP contribution in [0.2, 0.25) is 5.02 Å². The fraction of sp³-hybridized carbons (Fsp3) is 0.0714. The number of benzene rings is 2. The summed E-state index contributed by atoms with van der Waals surface area (Å²) in [6.45, 7) is 0. The Balaban J connectivity index is 2.00. The number of fused-ring (bicyclic) bond motifs is 1. The summed E-state index contributed by atoms with van der Waals surface area (Å²) >= 11 is 5.82. The van der Waals surface area contributed by atoms with Crippen LogP contribution >= 0.6 is 11.6 Å². The maximum absolute atomic E-state index is 10.8. The Bertz CT molecular complexity index is 827. The lowest BCUT2D eigenvalue weighted by molar-refractivity contribution is -0.384. The lowest BCUT2D eigenvalue weighted by Crippen LogP contribution is -1.94. The highest BCUT2D eigenvalue weighted by Crippen LogP contribution is 2.27. The molecule has 0 saturated carbocycles. The van der Waals surface area contributed by atoms with Gasteiger partial charge in [0.05, 0.1) is 16.0 Å². The third-order valence-corrected chi connectivity index (χ3v) is 3.31. The number of rotatable bonds is 3. The molecule has 0 atom stereocenters. The number of nitro benzene ring substituents is 1. The standard InChI is InChI=1S/C14H10ClN3O3/c1-17-13-7-4-10(18(19)20)8-12(13)16-14(17)21-11-5-2-9(15)3-6-11/h2-8H,1H3. The zero-order valence-corrected chi connectivity index (χ0v) is 11.7. The number of hydrogen-bond donors (Lipinski definition) is 0. The lowest BCUT2D eigenvalue weighted by atomic mass is 10.3. The summed E-state index contributed by atoms with van der Waals surface area (Å²) in [7, 11) is 1.78. The largest absolute Gasteiger partial charge is 0.426 e. The van der Waals surface area contributed by atoms with E-state index in [0.717, 1.165) is 5.52 Å². The summed E-state index contributed by atoms with van der Waals surface area (Å²) in [5.41, 5.74) is 1.26. The van der Waals surface area contributed by atoms with Crippen molar-refractivity contribution in [3.8, 4) is 11.8 Å². The predicted octanol–water partition coefficient (Wildman–Crippen LogP) is 3.93. The minimum absolute atomic E-state index is 0.00126. The van der Waals surface area contributed by atoms with Crippen molar-refractivity contribution in [1.29, 1.82) is 0 Å². The Kier molecular flexibility index (Phi) is 3.23. The topological polar surface area (TPSA) is 70.2 Å². The van der Waals surface area contributed by atoms with Gasteiger partial charge >= 0.3 is 6.01 Å². The Morgan fingerprint density at radius 1 is 1.24 bits per heavy atom. The molecule has 0 fully saturated rings. The van der Waals surface area contributed by atoms with Gasteiger partial charge in [-0.05, 0) is 30.3 Å². The number of nitro groups is 1. The Morgan fingerprint density at radius 2 is 1.95 bits per heavy atom. The second-order valence-electron chi connectivity index (χ2n) is 4.44. The first-order valence-corrected chi connectivity index (χ1v) is 6.46. The number of hydrogen-bond acceptors (Lipinski definition) is 4. The summed E-state index contributed by atoms with van der Waals surface area (Å²) in [5.74, 6) is 0.590. The van der Waals surface area contributed by atoms with E-state index in [1.165, 1.54) is 12.1 Å². The van der Waals surface area contributed by atoms with E-state index < -0.39 is 4.92 Å². The lowest BCUT2D eigenvalue weighted by Gasteiger charge is -2.04. The molecular formula is C14H10ClN3O3. The van der Waals surface area contributed by atoms with Gasteiger partial charge in [0.1, 0.15) is 5.75 Å². The van der Waals surface area contributed by atoms with E-state index in [9.17, 15) is 10.1 Å². The minimum Gasteiger partial charge on any atom is -0.426 e. The van der Waals surface area contributed by atoms with E-state index in [1.807, 2.05) is 0 Å². The summed E-state index contributed by atoms with van der Waals surface area (Å²) in [4.78, 5) is 14.6. The molecule has 106 valence electrons. The van der Waals surface area contributed by atoms with Crippen molar-refractivity contribution in [3.63, 3.8) is 0 Å². The van der Waals surface area contributed by atoms with Crippen LogP contribution in [0.25, 0.3) is 11.0 Å². The number of non-ortho nitro benzene ring substituents is 1. The molecule has 0 aliphatic rings. The molecule has 1 heterocycles. The fourth-order valence-corrected chi connectivity index (χ4v) is 2.10. The maximum Gasteiger partial charge on any atom is 0.302 e. The molecule has 0 N–H and O–H groups in total. The van der Waals surface area contributed by atoms with Gasteiger partial charge in [-0.25, -0.2) is 0 Å². The first-order chi connectivity index (χ1) is 10.0. The van der Waals surface area contributed by atoms with Crippen LogP contribution in [-0.4, -0.2) is 14.5 Å². The van der Waals surface area contributed by atoms with Gasteiger partial charge in [-0.2, -0.15) is 4.98 Å². The van der Waals surface area contributed by atoms with Gasteiger partial charge in [0.25, 0.3) is 5.69 Å². The smallest absolute Gasteiger partial charge is 0.302 e. The van der Waals surface area contributed by atoms with Gasteiger partial charge in [0.2, 0.25) is 0 Å². The molecule has 3 aromatic rings. The van der Waals surface area contributed by atoms with Crippen molar-refractivity contribution in [3.05, 3.63) is 57.6 Å². The van der Waals surface area contributed by atoms with Gasteiger partial charge in [-0.1, -0.05) is 11.6 Å². The van der Waals surface area contributed by atoms with Crippen molar-refractivity contribution >= 4 is 28.3 Å². The molecule has 3 rings (SSSR count). The Labute approximate surface area is 124 Å². The molecule has 0 unspecified atom stereocenters. The van der Waals surface area contributed by atoms with Gasteiger partial charge < -0.3 is 4.74 Å². The third-order valence-electron chi connectivity index (χ3n) is 3.06. The molecule has 0 bridgehead atoms. The molecule has 0 radical (unpaired) electrons. The SMILES string of the molecule is Cn1c(Oc2ccc(Cl)cc2)nc2cc([N+](=O)[O-])ccc21. The molecule has 6 nitrogen and oxygen atoms in total. The van der Waals surface area contributed by atoms with Crippen LogP contribution in [0.1, 0.15) is 0 Å². The van der Waals surface area contributed by atoms with E-state index in [1.54, 1.807) is 41.9 Å². The molecule has 0 aliphatic heterocycles. The number of aromatic nitrogens is 2. The van der Waals surface area contributed by atoms with Crippen molar-refractivity contribution in [2.75, 3.05) is 0 Å². The predicted molar refractivity (Wildman–Crippen MR) is 78.9 cm³/mol. The van der Waals surface area contributed by atoms with Gasteiger partial charge in [-0.3, -0.25) is 14.7 Å². The van der Waals surface area contributed by atoms with Crippen LogP contribution in [0.15, 0.2) is 42.5 Å². The maximum atomic E-state index is 10.8. The van der Waals surface area contributed by atoms with Gasteiger partial charge in [-0.15, -0.1) is 0 Å². The quantitative estimate of drug-likeness (QED) is 0.543. The number of halogens is 1. The summed E-state index contributed by atoms with van der Waals surface area (Å²) < 4.78 is 7.40. The van der Waals surface area contributed by atoms with E-state index in [-0.39, 0.29) is 5.69 Å². The first kappa shape index (κ1) is 13.4. The van der Waals surface area contributed by atoms with Crippen LogP contribution < -0.4 is 4.74 Å². The van der Waals surface area contributed by atoms with Crippen LogP contribution in [0.5, 0.6) is 11.8 Å². The highest BCUT2D eigenvalue weighted by Gasteiger charge is 2.13. The minimum atomic E-state index is -0.451. The normalized spacial score (nSPS) is 10.8. The summed E-state index contributed by atoms with van der Waals surface area (Å²) in [5, 5.41) is 11.4. The van der Waals surface area contributed by atoms with E-state index in [4.69, 9.17) is 16.3 Å². The second-order valence-corrected chi connectivity index (χ2v) is 4.88. The second kappa shape index (κ2) is 5.06. The molecule has 7 heteroatoms. The van der Waals surface area contributed by atoms with E-state index in [0.29, 0.717) is 22.3 Å². The number of imidazole rings is 1. The number of nitrogens with zero attached hydrogens (tertiary/aromatic N) is 3. The zero-order valence-electron chi connectivity index (χ0n) is 11.0. The van der Waals surface area contributed by atoms with Gasteiger partial charge in [0.15, 0.2) is 0 Å². The highest BCUT2D eigenvalue weighted by atomic mass is 35.5. The third kappa shape index (κ3) is 2.53. The number of aryl methyl sites for hydroxylation is 1. The van der Waals surface area contributed by atoms with Crippen LogP contribution in [0.4, 0.5) is 5.69 Å². The highest BCUT2D eigenvalue weighted by molar-refractivity contribution is 6.30. The van der Waals surface area contributed by atoms with Gasteiger partial charge in [0, 0.05) is 24.2 Å².